The molecule has 1 aliphatic carbocycles. The fourth-order valence-corrected chi connectivity index (χ4v) is 2.73. The highest BCUT2D eigenvalue weighted by Crippen LogP contribution is 2.17. The van der Waals surface area contributed by atoms with Gasteiger partial charge in [0.15, 0.2) is 0 Å². The Labute approximate surface area is 118 Å². The summed E-state index contributed by atoms with van der Waals surface area (Å²) in [6.45, 7) is 0.596. The molecule has 1 aromatic carbocycles. The van der Waals surface area contributed by atoms with Crippen LogP contribution in [0.2, 0.25) is 0 Å². The number of benzene rings is 1. The van der Waals surface area contributed by atoms with Crippen LogP contribution in [0.3, 0.4) is 0 Å². The number of carbonyl (C=O) groups excluding carboxylic acids is 1. The number of aromatic amines is 1. The molecule has 20 heavy (non-hydrogen) atoms. The molecule has 0 radical (unpaired) electrons. The van der Waals surface area contributed by atoms with Crippen LogP contribution in [0, 0.1) is 0 Å². The summed E-state index contributed by atoms with van der Waals surface area (Å²) in [4.78, 5) is 19.5. The molecule has 1 aliphatic rings. The summed E-state index contributed by atoms with van der Waals surface area (Å²) in [6.07, 6.45) is 5.38. The lowest BCUT2D eigenvalue weighted by Crippen LogP contribution is -2.41. The zero-order chi connectivity index (χ0) is 13.8. The average Bonchev–Trinajstić information content (AvgIpc) is 3.07. The Morgan fingerprint density at radius 3 is 2.90 bits per heavy atom. The van der Waals surface area contributed by atoms with Gasteiger partial charge >= 0.3 is 6.03 Å². The Kier molecular flexibility index (Phi) is 3.85. The molecule has 0 saturated heterocycles. The van der Waals surface area contributed by atoms with Gasteiger partial charge in [0.25, 0.3) is 0 Å². The normalized spacial score (nSPS) is 15.6. The molecule has 3 rings (SSSR count). The maximum atomic E-state index is 11.7. The second-order valence-electron chi connectivity index (χ2n) is 5.33. The van der Waals surface area contributed by atoms with Gasteiger partial charge in [0.2, 0.25) is 0 Å². The number of nitrogens with zero attached hydrogens (tertiary/aromatic N) is 1. The van der Waals surface area contributed by atoms with Crippen molar-refractivity contribution in [3.05, 3.63) is 30.1 Å². The van der Waals surface area contributed by atoms with Crippen molar-refractivity contribution < 1.29 is 4.79 Å². The quantitative estimate of drug-likeness (QED) is 0.799. The Morgan fingerprint density at radius 1 is 1.30 bits per heavy atom. The molecule has 1 aromatic heterocycles. The highest BCUT2D eigenvalue weighted by atomic mass is 16.2. The maximum absolute atomic E-state index is 11.7. The van der Waals surface area contributed by atoms with Crippen molar-refractivity contribution in [2.75, 3.05) is 6.54 Å². The fraction of sp³-hybridized carbons (Fsp3) is 0.467. The van der Waals surface area contributed by atoms with E-state index >= 15 is 0 Å². The molecule has 1 saturated carbocycles. The number of nitrogens with one attached hydrogen (secondary N) is 3. The highest BCUT2D eigenvalue weighted by molar-refractivity contribution is 5.75. The van der Waals surface area contributed by atoms with E-state index in [0.29, 0.717) is 19.0 Å². The number of H-pyrrole nitrogens is 1. The molecule has 1 heterocycles. The SMILES string of the molecule is O=C(NCCc1nc2ccccc2[nH]1)NC1CCCC1. The number of urea groups is 1. The van der Waals surface area contributed by atoms with Crippen LogP contribution in [0.25, 0.3) is 11.0 Å². The largest absolute Gasteiger partial charge is 0.342 e. The molecule has 2 amide bonds. The third-order valence-corrected chi connectivity index (χ3v) is 3.78. The van der Waals surface area contributed by atoms with E-state index in [4.69, 9.17) is 0 Å². The van der Waals surface area contributed by atoms with E-state index in [1.54, 1.807) is 0 Å². The standard InChI is InChI=1S/C15H20N4O/c20-15(17-11-5-1-2-6-11)16-10-9-14-18-12-7-3-4-8-13(12)19-14/h3-4,7-8,11H,1-2,5-6,9-10H2,(H,18,19)(H2,16,17,20). The van der Waals surface area contributed by atoms with Gasteiger partial charge in [-0.2, -0.15) is 0 Å². The van der Waals surface area contributed by atoms with E-state index in [1.807, 2.05) is 24.3 Å². The molecule has 106 valence electrons. The molecule has 0 bridgehead atoms. The lowest BCUT2D eigenvalue weighted by molar-refractivity contribution is 0.237. The second-order valence-corrected chi connectivity index (χ2v) is 5.33. The molecule has 0 aliphatic heterocycles. The van der Waals surface area contributed by atoms with Crippen molar-refractivity contribution in [1.82, 2.24) is 20.6 Å². The zero-order valence-electron chi connectivity index (χ0n) is 11.5. The molecule has 5 nitrogen and oxygen atoms in total. The minimum absolute atomic E-state index is 0.0620. The van der Waals surface area contributed by atoms with Gasteiger partial charge in [-0.1, -0.05) is 25.0 Å². The summed E-state index contributed by atoms with van der Waals surface area (Å²) in [6, 6.07) is 8.24. The smallest absolute Gasteiger partial charge is 0.315 e. The second kappa shape index (κ2) is 5.94. The molecule has 0 unspecified atom stereocenters. The minimum atomic E-state index is -0.0620. The summed E-state index contributed by atoms with van der Waals surface area (Å²) in [7, 11) is 0. The molecular weight excluding hydrogens is 252 g/mol. The zero-order valence-corrected chi connectivity index (χ0v) is 11.5. The van der Waals surface area contributed by atoms with E-state index in [2.05, 4.69) is 20.6 Å². The number of amides is 2. The number of hydrogen-bond donors (Lipinski definition) is 3. The first-order valence-electron chi connectivity index (χ1n) is 7.29. The summed E-state index contributed by atoms with van der Waals surface area (Å²) in [5, 5.41) is 5.90. The van der Waals surface area contributed by atoms with Gasteiger partial charge in [-0.05, 0) is 25.0 Å². The summed E-state index contributed by atoms with van der Waals surface area (Å²) in [5.74, 6) is 0.910. The highest BCUT2D eigenvalue weighted by Gasteiger charge is 2.16. The van der Waals surface area contributed by atoms with Crippen LogP contribution >= 0.6 is 0 Å². The third kappa shape index (κ3) is 3.10. The van der Waals surface area contributed by atoms with Crippen LogP contribution in [-0.2, 0) is 6.42 Å². The lowest BCUT2D eigenvalue weighted by Gasteiger charge is -2.12. The van der Waals surface area contributed by atoms with Crippen LogP contribution in [-0.4, -0.2) is 28.6 Å². The van der Waals surface area contributed by atoms with Crippen LogP contribution in [0.5, 0.6) is 0 Å². The van der Waals surface area contributed by atoms with E-state index in [1.165, 1.54) is 12.8 Å². The first kappa shape index (κ1) is 13.0. The predicted molar refractivity (Wildman–Crippen MR) is 78.6 cm³/mol. The molecule has 1 fully saturated rings. The number of fused-ring (bicyclic) bond motifs is 1. The predicted octanol–water partition coefficient (Wildman–Crippen LogP) is 2.35. The number of para-hydroxylation sites is 2. The van der Waals surface area contributed by atoms with Crippen molar-refractivity contribution in [2.45, 2.75) is 38.1 Å². The van der Waals surface area contributed by atoms with E-state index in [0.717, 1.165) is 29.7 Å². The lowest BCUT2D eigenvalue weighted by atomic mass is 10.2. The molecule has 0 spiro atoms. The third-order valence-electron chi connectivity index (χ3n) is 3.78. The van der Waals surface area contributed by atoms with Crippen LogP contribution in [0.15, 0.2) is 24.3 Å². The fourth-order valence-electron chi connectivity index (χ4n) is 2.73. The van der Waals surface area contributed by atoms with Crippen molar-refractivity contribution in [3.8, 4) is 0 Å². The molecular formula is C15H20N4O. The van der Waals surface area contributed by atoms with Crippen molar-refractivity contribution in [1.29, 1.82) is 0 Å². The van der Waals surface area contributed by atoms with Gasteiger partial charge in [-0.15, -0.1) is 0 Å². The van der Waals surface area contributed by atoms with Gasteiger partial charge in [-0.3, -0.25) is 0 Å². The van der Waals surface area contributed by atoms with E-state index in [9.17, 15) is 4.79 Å². The monoisotopic (exact) mass is 272 g/mol. The molecule has 0 atom stereocenters. The van der Waals surface area contributed by atoms with Crippen molar-refractivity contribution in [2.24, 2.45) is 0 Å². The first-order valence-corrected chi connectivity index (χ1v) is 7.29. The van der Waals surface area contributed by atoms with E-state index in [-0.39, 0.29) is 6.03 Å². The Hall–Kier alpha value is -2.04. The summed E-state index contributed by atoms with van der Waals surface area (Å²) < 4.78 is 0. The number of aromatic nitrogens is 2. The number of carbonyl (C=O) groups is 1. The van der Waals surface area contributed by atoms with Crippen molar-refractivity contribution in [3.63, 3.8) is 0 Å². The van der Waals surface area contributed by atoms with Gasteiger partial charge in [-0.25, -0.2) is 9.78 Å². The Morgan fingerprint density at radius 2 is 2.10 bits per heavy atom. The van der Waals surface area contributed by atoms with Gasteiger partial charge in [0, 0.05) is 19.0 Å². The van der Waals surface area contributed by atoms with Gasteiger partial charge < -0.3 is 15.6 Å². The van der Waals surface area contributed by atoms with E-state index < -0.39 is 0 Å². The summed E-state index contributed by atoms with van der Waals surface area (Å²) >= 11 is 0. The first-order chi connectivity index (χ1) is 9.81. The topological polar surface area (TPSA) is 69.8 Å². The maximum Gasteiger partial charge on any atom is 0.315 e. The average molecular weight is 272 g/mol. The van der Waals surface area contributed by atoms with Crippen molar-refractivity contribution >= 4 is 17.1 Å². The minimum Gasteiger partial charge on any atom is -0.342 e. The van der Waals surface area contributed by atoms with Crippen LogP contribution in [0.4, 0.5) is 4.79 Å². The Bertz CT molecular complexity index is 553. The van der Waals surface area contributed by atoms with Crippen LogP contribution < -0.4 is 10.6 Å². The van der Waals surface area contributed by atoms with Gasteiger partial charge in [0.1, 0.15) is 5.82 Å². The summed E-state index contributed by atoms with van der Waals surface area (Å²) in [5.41, 5.74) is 2.01. The molecule has 5 heteroatoms. The number of imidazole rings is 1. The Balaban J connectivity index is 1.45. The molecule has 3 N–H and O–H groups in total. The molecule has 2 aromatic rings. The van der Waals surface area contributed by atoms with Crippen LogP contribution in [0.1, 0.15) is 31.5 Å². The number of rotatable bonds is 4. The van der Waals surface area contributed by atoms with Gasteiger partial charge in [0.05, 0.1) is 11.0 Å². The number of hydrogen-bond acceptors (Lipinski definition) is 2.